The second-order valence-electron chi connectivity index (χ2n) is 4.18. The van der Waals surface area contributed by atoms with Crippen LogP contribution in [0.25, 0.3) is 5.69 Å². The van der Waals surface area contributed by atoms with Crippen LogP contribution >= 0.6 is 35.3 Å². The molecule has 1 aromatic carbocycles. The molecule has 1 amide bonds. The van der Waals surface area contributed by atoms with Crippen molar-refractivity contribution in [2.45, 2.75) is 23.4 Å². The number of rotatable bonds is 5. The van der Waals surface area contributed by atoms with Gasteiger partial charge in [0.2, 0.25) is 5.91 Å². The fourth-order valence-corrected chi connectivity index (χ4v) is 4.11. The van der Waals surface area contributed by atoms with Gasteiger partial charge in [0.05, 0.1) is 10.9 Å². The number of nitrogens with one attached hydrogen (secondary N) is 1. The number of aromatic nitrogens is 2. The molecule has 0 aliphatic rings. The first kappa shape index (κ1) is 16.1. The Hall–Kier alpha value is -1.25. The Labute approximate surface area is 135 Å². The van der Waals surface area contributed by atoms with E-state index in [0.29, 0.717) is 20.5 Å². The van der Waals surface area contributed by atoms with Crippen LogP contribution in [-0.4, -0.2) is 27.5 Å². The van der Waals surface area contributed by atoms with E-state index in [9.17, 15) is 9.18 Å². The van der Waals surface area contributed by atoms with E-state index < -0.39 is 0 Å². The highest BCUT2D eigenvalue weighted by Crippen LogP contribution is 2.27. The fourth-order valence-electron chi connectivity index (χ4n) is 1.58. The highest BCUT2D eigenvalue weighted by atomic mass is 32.2. The lowest BCUT2D eigenvalue weighted by Gasteiger charge is -2.08. The maximum Gasteiger partial charge on any atom is 0.233 e. The van der Waals surface area contributed by atoms with Crippen molar-refractivity contribution in [1.82, 2.24) is 15.1 Å². The molecule has 0 fully saturated rings. The molecule has 0 saturated carbocycles. The Morgan fingerprint density at radius 1 is 1.52 bits per heavy atom. The maximum absolute atomic E-state index is 12.9. The van der Waals surface area contributed by atoms with Crippen LogP contribution in [0, 0.1) is 9.77 Å². The number of hydrogen-bond donors (Lipinski definition) is 1. The quantitative estimate of drug-likeness (QED) is 0.667. The molecule has 1 atom stereocenters. The minimum atomic E-state index is -0.306. The first-order valence-electron chi connectivity index (χ1n) is 6.31. The van der Waals surface area contributed by atoms with Gasteiger partial charge in [0, 0.05) is 6.54 Å². The summed E-state index contributed by atoms with van der Waals surface area (Å²) in [4.78, 5) is 11.7. The Morgan fingerprint density at radius 3 is 2.81 bits per heavy atom. The first-order valence-corrected chi connectivity index (χ1v) is 8.42. The number of nitrogens with zero attached hydrogens (tertiary/aromatic N) is 2. The predicted octanol–water partition coefficient (Wildman–Crippen LogP) is 3.42. The Balaban J connectivity index is 2.18. The number of halogens is 1. The molecule has 0 aliphatic heterocycles. The average Bonchev–Trinajstić information content (AvgIpc) is 2.80. The van der Waals surface area contributed by atoms with Gasteiger partial charge in [-0.2, -0.15) is 0 Å². The van der Waals surface area contributed by atoms with E-state index in [4.69, 9.17) is 12.2 Å². The fraction of sp³-hybridized carbons (Fsp3) is 0.308. The van der Waals surface area contributed by atoms with Crippen LogP contribution in [0.4, 0.5) is 4.39 Å². The molecule has 0 aliphatic carbocycles. The average molecular weight is 343 g/mol. The molecule has 112 valence electrons. The second-order valence-corrected chi connectivity index (χ2v) is 7.39. The summed E-state index contributed by atoms with van der Waals surface area (Å²) in [5.41, 5.74) is 0.704. The van der Waals surface area contributed by atoms with Crippen molar-refractivity contribution in [1.29, 1.82) is 0 Å². The predicted molar refractivity (Wildman–Crippen MR) is 86.2 cm³/mol. The van der Waals surface area contributed by atoms with Crippen molar-refractivity contribution in [2.75, 3.05) is 6.54 Å². The smallest absolute Gasteiger partial charge is 0.233 e. The lowest BCUT2D eigenvalue weighted by molar-refractivity contribution is -0.120. The summed E-state index contributed by atoms with van der Waals surface area (Å²) in [6.07, 6.45) is 0. The molecule has 1 N–H and O–H groups in total. The Morgan fingerprint density at radius 2 is 2.19 bits per heavy atom. The van der Waals surface area contributed by atoms with E-state index in [-0.39, 0.29) is 17.0 Å². The molecule has 1 heterocycles. The molecule has 4 nitrogen and oxygen atoms in total. The minimum absolute atomic E-state index is 0.0306. The Kier molecular flexibility index (Phi) is 5.49. The lowest BCUT2D eigenvalue weighted by Crippen LogP contribution is -2.30. The third-order valence-corrected chi connectivity index (χ3v) is 5.01. The third kappa shape index (κ3) is 4.12. The summed E-state index contributed by atoms with van der Waals surface area (Å²) in [5, 5.41) is 6.91. The van der Waals surface area contributed by atoms with Crippen LogP contribution in [0.15, 0.2) is 28.6 Å². The SMILES string of the molecule is CCNC(=O)[C@H](C)Sc1nn(-c2ccc(F)cc2)c(=S)s1. The topological polar surface area (TPSA) is 46.9 Å². The monoisotopic (exact) mass is 343 g/mol. The van der Waals surface area contributed by atoms with Gasteiger partial charge in [-0.3, -0.25) is 4.79 Å². The second kappa shape index (κ2) is 7.15. The molecule has 0 unspecified atom stereocenters. The summed E-state index contributed by atoms with van der Waals surface area (Å²) < 4.78 is 15.8. The standard InChI is InChI=1S/C13H14FN3OS3/c1-3-15-11(18)8(2)20-12-16-17(13(19)21-12)10-6-4-9(14)5-7-10/h4-8H,3H2,1-2H3,(H,15,18)/t8-/m0/s1. The largest absolute Gasteiger partial charge is 0.355 e. The normalized spacial score (nSPS) is 12.1. The molecule has 21 heavy (non-hydrogen) atoms. The van der Waals surface area contributed by atoms with Gasteiger partial charge in [-0.15, -0.1) is 5.10 Å². The van der Waals surface area contributed by atoms with Gasteiger partial charge in [-0.1, -0.05) is 23.1 Å². The summed E-state index contributed by atoms with van der Waals surface area (Å²) in [6, 6.07) is 5.96. The van der Waals surface area contributed by atoms with E-state index in [1.807, 2.05) is 13.8 Å². The van der Waals surface area contributed by atoms with Gasteiger partial charge >= 0.3 is 0 Å². The minimum Gasteiger partial charge on any atom is -0.355 e. The van der Waals surface area contributed by atoms with Crippen molar-refractivity contribution >= 4 is 41.2 Å². The van der Waals surface area contributed by atoms with Crippen LogP contribution in [-0.2, 0) is 4.79 Å². The summed E-state index contributed by atoms with van der Waals surface area (Å²) in [7, 11) is 0. The zero-order chi connectivity index (χ0) is 15.4. The summed E-state index contributed by atoms with van der Waals surface area (Å²) in [6.45, 7) is 4.30. The molecular formula is C13H14FN3OS3. The lowest BCUT2D eigenvalue weighted by atomic mass is 10.3. The van der Waals surface area contributed by atoms with Crippen LogP contribution in [0.1, 0.15) is 13.8 Å². The van der Waals surface area contributed by atoms with E-state index in [1.165, 1.54) is 35.2 Å². The van der Waals surface area contributed by atoms with Gasteiger partial charge in [0.1, 0.15) is 5.82 Å². The van der Waals surface area contributed by atoms with Gasteiger partial charge in [-0.25, -0.2) is 9.07 Å². The highest BCUT2D eigenvalue weighted by Gasteiger charge is 2.16. The molecule has 2 aromatic rings. The van der Waals surface area contributed by atoms with Crippen molar-refractivity contribution in [2.24, 2.45) is 0 Å². The maximum atomic E-state index is 12.9. The molecule has 0 spiro atoms. The first-order chi connectivity index (χ1) is 10.0. The van der Waals surface area contributed by atoms with Crippen LogP contribution in [0.5, 0.6) is 0 Å². The van der Waals surface area contributed by atoms with Gasteiger partial charge in [0.25, 0.3) is 0 Å². The summed E-state index contributed by atoms with van der Waals surface area (Å²) in [5.74, 6) is -0.336. The molecule has 0 bridgehead atoms. The highest BCUT2D eigenvalue weighted by molar-refractivity contribution is 8.02. The van der Waals surface area contributed by atoms with Gasteiger partial charge < -0.3 is 5.32 Å². The van der Waals surface area contributed by atoms with Crippen LogP contribution in [0.3, 0.4) is 0 Å². The number of carbonyl (C=O) groups excluding carboxylic acids is 1. The van der Waals surface area contributed by atoms with E-state index in [1.54, 1.807) is 16.8 Å². The Bertz CT molecular complexity index is 681. The number of amides is 1. The van der Waals surface area contributed by atoms with Crippen molar-refractivity contribution in [3.05, 3.63) is 34.0 Å². The molecular weight excluding hydrogens is 329 g/mol. The van der Waals surface area contributed by atoms with Gasteiger partial charge in [0.15, 0.2) is 8.29 Å². The third-order valence-electron chi connectivity index (χ3n) is 2.60. The van der Waals surface area contributed by atoms with E-state index in [2.05, 4.69) is 10.4 Å². The number of benzene rings is 1. The van der Waals surface area contributed by atoms with Crippen molar-refractivity contribution in [3.63, 3.8) is 0 Å². The van der Waals surface area contributed by atoms with Gasteiger partial charge in [-0.05, 0) is 50.3 Å². The number of carbonyl (C=O) groups is 1. The number of hydrogen-bond acceptors (Lipinski definition) is 5. The molecule has 0 saturated heterocycles. The molecule has 0 radical (unpaired) electrons. The van der Waals surface area contributed by atoms with Crippen molar-refractivity contribution in [3.8, 4) is 5.69 Å². The van der Waals surface area contributed by atoms with Crippen molar-refractivity contribution < 1.29 is 9.18 Å². The summed E-state index contributed by atoms with van der Waals surface area (Å²) >= 11 is 7.96. The molecule has 8 heteroatoms. The molecule has 2 rings (SSSR count). The zero-order valence-electron chi connectivity index (χ0n) is 11.5. The van der Waals surface area contributed by atoms with Crippen LogP contribution in [0.2, 0.25) is 0 Å². The van der Waals surface area contributed by atoms with Crippen LogP contribution < -0.4 is 5.32 Å². The van der Waals surface area contributed by atoms with E-state index in [0.717, 1.165) is 0 Å². The zero-order valence-corrected chi connectivity index (χ0v) is 13.9. The van der Waals surface area contributed by atoms with E-state index >= 15 is 0 Å². The number of thioether (sulfide) groups is 1. The molecule has 1 aromatic heterocycles.